The SMILES string of the molecule is CCCCOC(=S)SC(=S)OCCCC.[K]. The summed E-state index contributed by atoms with van der Waals surface area (Å²) in [6.45, 7) is 5.55. The molecule has 0 unspecified atom stereocenters. The molecule has 0 saturated carbocycles. The van der Waals surface area contributed by atoms with Crippen LogP contribution in [0.5, 0.6) is 0 Å². The van der Waals surface area contributed by atoms with Gasteiger partial charge in [-0.2, -0.15) is 0 Å². The normalized spacial score (nSPS) is 9.12. The van der Waals surface area contributed by atoms with E-state index in [1.54, 1.807) is 0 Å². The molecule has 0 aromatic carbocycles. The molecule has 0 aliphatic rings. The van der Waals surface area contributed by atoms with Gasteiger partial charge in [-0.15, -0.1) is 0 Å². The van der Waals surface area contributed by atoms with E-state index in [-0.39, 0.29) is 51.4 Å². The summed E-state index contributed by atoms with van der Waals surface area (Å²) in [7, 11) is 0. The van der Waals surface area contributed by atoms with Crippen LogP contribution in [0.25, 0.3) is 0 Å². The van der Waals surface area contributed by atoms with Crippen molar-refractivity contribution in [3.05, 3.63) is 0 Å². The summed E-state index contributed by atoms with van der Waals surface area (Å²) < 4.78 is 11.5. The Labute approximate surface area is 156 Å². The number of hydrogen-bond acceptors (Lipinski definition) is 5. The van der Waals surface area contributed by atoms with E-state index < -0.39 is 0 Å². The van der Waals surface area contributed by atoms with E-state index in [0.29, 0.717) is 22.0 Å². The van der Waals surface area contributed by atoms with Gasteiger partial charge in [-0.05, 0) is 37.3 Å². The molecule has 2 nitrogen and oxygen atoms in total. The number of thiocarbonyl (C=S) groups is 2. The van der Waals surface area contributed by atoms with Crippen LogP contribution in [0.2, 0.25) is 0 Å². The van der Waals surface area contributed by atoms with Gasteiger partial charge < -0.3 is 9.47 Å². The fourth-order valence-electron chi connectivity index (χ4n) is 0.727. The minimum Gasteiger partial charge on any atom is -0.478 e. The maximum absolute atomic E-state index is 5.29. The number of hydrogen-bond donors (Lipinski definition) is 0. The third kappa shape index (κ3) is 13.8. The zero-order valence-corrected chi connectivity index (χ0v) is 15.9. The molecule has 0 N–H and O–H groups in total. The summed E-state index contributed by atoms with van der Waals surface area (Å²) in [5, 5.41) is 0. The molecule has 1 radical (unpaired) electrons. The number of thioether (sulfide) groups is 1. The Morgan fingerprint density at radius 2 is 1.31 bits per heavy atom. The molecule has 0 saturated heterocycles. The number of ether oxygens (including phenoxy) is 2. The Balaban J connectivity index is 0. The topological polar surface area (TPSA) is 18.5 Å². The maximum Gasteiger partial charge on any atom is 0.228 e. The van der Waals surface area contributed by atoms with Crippen LogP contribution in [0.4, 0.5) is 0 Å². The second-order valence-corrected chi connectivity index (χ2v) is 5.21. The molecule has 0 rings (SSSR count). The molecule has 0 atom stereocenters. The van der Waals surface area contributed by atoms with Crippen LogP contribution in [0.1, 0.15) is 39.5 Å². The average molecular weight is 306 g/mol. The van der Waals surface area contributed by atoms with Crippen LogP contribution < -0.4 is 0 Å². The van der Waals surface area contributed by atoms with Crippen molar-refractivity contribution in [3.8, 4) is 0 Å². The Morgan fingerprint density at radius 1 is 0.938 bits per heavy atom. The molecule has 89 valence electrons. The van der Waals surface area contributed by atoms with Crippen molar-refractivity contribution in [3.63, 3.8) is 0 Å². The van der Waals surface area contributed by atoms with Gasteiger partial charge in [-0.3, -0.25) is 0 Å². The van der Waals surface area contributed by atoms with E-state index in [0.717, 1.165) is 25.7 Å². The number of unbranched alkanes of at least 4 members (excludes halogenated alkanes) is 2. The van der Waals surface area contributed by atoms with Crippen molar-refractivity contribution in [1.29, 1.82) is 0 Å². The van der Waals surface area contributed by atoms with Gasteiger partial charge in [0.25, 0.3) is 0 Å². The standard InChI is InChI=1S/C10H18O2S3.K/c1-3-5-7-11-9(13)15-10(14)12-8-6-4-2;/h3-8H2,1-2H3;. The van der Waals surface area contributed by atoms with E-state index in [2.05, 4.69) is 13.8 Å². The second kappa shape index (κ2) is 14.8. The zero-order valence-electron chi connectivity index (χ0n) is 10.3. The number of rotatable bonds is 6. The van der Waals surface area contributed by atoms with Gasteiger partial charge in [0.1, 0.15) is 0 Å². The Bertz CT molecular complexity index is 181. The van der Waals surface area contributed by atoms with Gasteiger partial charge in [0.05, 0.1) is 13.2 Å². The average Bonchev–Trinajstić information content (AvgIpc) is 2.18. The molecule has 6 heteroatoms. The minimum absolute atomic E-state index is 0. The minimum atomic E-state index is 0. The molecule has 0 aliphatic carbocycles. The van der Waals surface area contributed by atoms with E-state index in [9.17, 15) is 0 Å². The Morgan fingerprint density at radius 3 is 1.62 bits per heavy atom. The van der Waals surface area contributed by atoms with Crippen molar-refractivity contribution in [2.75, 3.05) is 13.2 Å². The first-order valence-corrected chi connectivity index (χ1v) is 6.85. The van der Waals surface area contributed by atoms with Gasteiger partial charge in [0.2, 0.25) is 8.77 Å². The van der Waals surface area contributed by atoms with E-state index in [4.69, 9.17) is 33.9 Å². The van der Waals surface area contributed by atoms with Gasteiger partial charge in [-0.1, -0.05) is 26.7 Å². The van der Waals surface area contributed by atoms with Crippen molar-refractivity contribution in [2.24, 2.45) is 0 Å². The molecule has 0 aromatic heterocycles. The third-order valence-electron chi connectivity index (χ3n) is 1.60. The van der Waals surface area contributed by atoms with Crippen LogP contribution in [0, 0.1) is 0 Å². The van der Waals surface area contributed by atoms with Crippen LogP contribution in [-0.4, -0.2) is 73.4 Å². The van der Waals surface area contributed by atoms with Crippen molar-refractivity contribution in [1.82, 2.24) is 0 Å². The molecular formula is C10H18KO2S3. The molecule has 0 fully saturated rings. The molecule has 0 aliphatic heterocycles. The summed E-state index contributed by atoms with van der Waals surface area (Å²) in [6, 6.07) is 0. The van der Waals surface area contributed by atoms with Gasteiger partial charge in [0.15, 0.2) is 0 Å². The monoisotopic (exact) mass is 305 g/mol. The summed E-state index contributed by atoms with van der Waals surface area (Å²) in [4.78, 5) is 0. The van der Waals surface area contributed by atoms with Crippen LogP contribution >= 0.6 is 36.2 Å². The summed E-state index contributed by atoms with van der Waals surface area (Å²) in [6.07, 6.45) is 4.24. The van der Waals surface area contributed by atoms with Crippen LogP contribution in [0.15, 0.2) is 0 Å². The molecule has 16 heavy (non-hydrogen) atoms. The third-order valence-corrected chi connectivity index (χ3v) is 2.91. The van der Waals surface area contributed by atoms with E-state index in [1.807, 2.05) is 0 Å². The fourth-order valence-corrected chi connectivity index (χ4v) is 1.93. The van der Waals surface area contributed by atoms with E-state index >= 15 is 0 Å². The van der Waals surface area contributed by atoms with Gasteiger partial charge in [-0.25, -0.2) is 0 Å². The first kappa shape index (κ1) is 20.1. The van der Waals surface area contributed by atoms with Gasteiger partial charge >= 0.3 is 0 Å². The van der Waals surface area contributed by atoms with Crippen molar-refractivity contribution in [2.45, 2.75) is 39.5 Å². The predicted molar refractivity (Wildman–Crippen MR) is 80.3 cm³/mol. The first-order valence-electron chi connectivity index (χ1n) is 5.22. The smallest absolute Gasteiger partial charge is 0.228 e. The summed E-state index contributed by atoms with van der Waals surface area (Å²) in [5.41, 5.74) is 0. The maximum atomic E-state index is 5.29. The quantitative estimate of drug-likeness (QED) is 0.423. The Hall–Kier alpha value is 1.77. The molecule has 0 bridgehead atoms. The molecule has 0 amide bonds. The molecule has 0 spiro atoms. The molecular weight excluding hydrogens is 287 g/mol. The molecule has 0 aromatic rings. The fraction of sp³-hybridized carbons (Fsp3) is 0.800. The van der Waals surface area contributed by atoms with Gasteiger partial charge in [0, 0.05) is 63.1 Å². The van der Waals surface area contributed by atoms with Crippen molar-refractivity contribution >= 4 is 96.3 Å². The molecule has 0 heterocycles. The largest absolute Gasteiger partial charge is 0.478 e. The second-order valence-electron chi connectivity index (χ2n) is 3.01. The predicted octanol–water partition coefficient (Wildman–Crippen LogP) is 3.54. The summed E-state index contributed by atoms with van der Waals surface area (Å²) >= 11 is 11.2. The Kier molecular flexibility index (Phi) is 18.6. The van der Waals surface area contributed by atoms with Crippen molar-refractivity contribution < 1.29 is 9.47 Å². The van der Waals surface area contributed by atoms with Crippen LogP contribution in [0.3, 0.4) is 0 Å². The summed E-state index contributed by atoms with van der Waals surface area (Å²) in [5.74, 6) is 0. The zero-order chi connectivity index (χ0) is 11.5. The first-order chi connectivity index (χ1) is 7.20. The van der Waals surface area contributed by atoms with Crippen LogP contribution in [-0.2, 0) is 9.47 Å². The van der Waals surface area contributed by atoms with E-state index in [1.165, 1.54) is 11.8 Å².